The minimum absolute atomic E-state index is 0.135. The number of quaternary nitrogens is 1. The molecule has 2 aliphatic rings. The van der Waals surface area contributed by atoms with E-state index in [9.17, 15) is 9.59 Å². The first-order valence-corrected chi connectivity index (χ1v) is 10.4. The van der Waals surface area contributed by atoms with E-state index in [0.717, 1.165) is 11.3 Å². The van der Waals surface area contributed by atoms with Crippen LogP contribution in [0.1, 0.15) is 56.1 Å². The Bertz CT molecular complexity index is 1370. The van der Waals surface area contributed by atoms with Gasteiger partial charge in [-0.05, 0) is 19.1 Å². The molecule has 2 atom stereocenters. The van der Waals surface area contributed by atoms with Crippen molar-refractivity contribution < 1.29 is 23.6 Å². The third-order valence-corrected chi connectivity index (χ3v) is 6.50. The number of fused-ring (bicyclic) bond motifs is 6. The summed E-state index contributed by atoms with van der Waals surface area (Å²) < 4.78 is 12.2. The number of benzene rings is 3. The van der Waals surface area contributed by atoms with E-state index in [4.69, 9.17) is 9.15 Å². The molecule has 3 aromatic carbocycles. The van der Waals surface area contributed by atoms with E-state index in [1.165, 1.54) is 10.5 Å². The number of carbonyl (C=O) groups excluding carboxylic acids is 2. The molecule has 0 fully saturated rings. The molecule has 0 radical (unpaired) electrons. The number of ether oxygens (including phenoxy) is 1. The first kappa shape index (κ1) is 18.1. The number of ketones is 2. The summed E-state index contributed by atoms with van der Waals surface area (Å²) in [7, 11) is 0. The fourth-order valence-corrected chi connectivity index (χ4v) is 4.73. The molecule has 5 nitrogen and oxygen atoms in total. The molecule has 2 heterocycles. The van der Waals surface area contributed by atoms with Gasteiger partial charge in [-0.25, -0.2) is 0 Å². The van der Waals surface area contributed by atoms with Gasteiger partial charge in [-0.15, -0.1) is 0 Å². The minimum atomic E-state index is -0.242. The average molecular weight is 410 g/mol. The van der Waals surface area contributed by atoms with E-state index in [0.29, 0.717) is 40.9 Å². The minimum Gasteiger partial charge on any atom is -0.451 e. The van der Waals surface area contributed by atoms with Gasteiger partial charge in [-0.3, -0.25) is 14.5 Å². The van der Waals surface area contributed by atoms with Crippen LogP contribution < -0.4 is 9.64 Å². The van der Waals surface area contributed by atoms with Gasteiger partial charge in [0.05, 0.1) is 11.1 Å². The second kappa shape index (κ2) is 6.65. The van der Waals surface area contributed by atoms with Crippen LogP contribution in [0.15, 0.2) is 71.1 Å². The summed E-state index contributed by atoms with van der Waals surface area (Å²) in [5.74, 6) is 0.478. The van der Waals surface area contributed by atoms with E-state index in [1.54, 1.807) is 24.3 Å². The van der Waals surface area contributed by atoms with Crippen LogP contribution in [-0.2, 0) is 6.54 Å². The highest BCUT2D eigenvalue weighted by atomic mass is 16.5. The highest BCUT2D eigenvalue weighted by Gasteiger charge is 2.37. The van der Waals surface area contributed by atoms with Crippen molar-refractivity contribution in [3.63, 3.8) is 0 Å². The molecule has 5 heteroatoms. The molecule has 1 aliphatic heterocycles. The smallest absolute Gasteiger partial charge is 0.229 e. The Morgan fingerprint density at radius 2 is 1.58 bits per heavy atom. The first-order valence-electron chi connectivity index (χ1n) is 10.4. The van der Waals surface area contributed by atoms with Crippen molar-refractivity contribution in [2.75, 3.05) is 6.73 Å². The maximum Gasteiger partial charge on any atom is 0.229 e. The third-order valence-electron chi connectivity index (χ3n) is 6.50. The fraction of sp³-hybridized carbons (Fsp3) is 0.154. The standard InChI is InChI=1S/C26H19NO4/c1-15(16-7-3-2-4-8-16)27-13-20-21(30-14-27)12-11-19-22-23(28)17-9-5-6-10-18(17)24(29)26(22)31-25(19)20/h2-12,15H,13-14H2,1H3/p+1/t15-/m0/s1. The SMILES string of the molecule is C[C@@H](c1ccccc1)[NH+]1COc2ccc3c4c(oc3c2C1)C(=O)c1ccccc1C4=O. The van der Waals surface area contributed by atoms with Crippen LogP contribution in [0.25, 0.3) is 11.0 Å². The van der Waals surface area contributed by atoms with Gasteiger partial charge in [0.1, 0.15) is 23.9 Å². The lowest BCUT2D eigenvalue weighted by Gasteiger charge is -2.30. The van der Waals surface area contributed by atoms with Gasteiger partial charge in [-0.2, -0.15) is 0 Å². The molecule has 152 valence electrons. The van der Waals surface area contributed by atoms with Gasteiger partial charge < -0.3 is 9.15 Å². The zero-order valence-corrected chi connectivity index (χ0v) is 17.0. The van der Waals surface area contributed by atoms with Crippen molar-refractivity contribution in [3.8, 4) is 5.75 Å². The Morgan fingerprint density at radius 3 is 2.35 bits per heavy atom. The largest absolute Gasteiger partial charge is 0.451 e. The van der Waals surface area contributed by atoms with Crippen molar-refractivity contribution in [3.05, 3.63) is 100 Å². The maximum atomic E-state index is 13.2. The Balaban J connectivity index is 1.47. The van der Waals surface area contributed by atoms with Gasteiger partial charge in [0, 0.05) is 22.1 Å². The van der Waals surface area contributed by atoms with E-state index in [-0.39, 0.29) is 23.4 Å². The molecule has 1 unspecified atom stereocenters. The van der Waals surface area contributed by atoms with Gasteiger partial charge in [0.15, 0.2) is 11.5 Å². The second-order valence-corrected chi connectivity index (χ2v) is 8.19. The zero-order valence-electron chi connectivity index (χ0n) is 17.0. The van der Waals surface area contributed by atoms with E-state index in [1.807, 2.05) is 30.3 Å². The number of hydrogen-bond acceptors (Lipinski definition) is 4. The van der Waals surface area contributed by atoms with Crippen LogP contribution in [0.4, 0.5) is 0 Å². The molecule has 1 aliphatic carbocycles. The molecule has 6 rings (SSSR count). The third kappa shape index (κ3) is 2.60. The average Bonchev–Trinajstić information content (AvgIpc) is 3.23. The summed E-state index contributed by atoms with van der Waals surface area (Å²) in [5.41, 5.74) is 3.91. The fourth-order valence-electron chi connectivity index (χ4n) is 4.73. The Kier molecular flexibility index (Phi) is 3.88. The van der Waals surface area contributed by atoms with Gasteiger partial charge >= 0.3 is 0 Å². The van der Waals surface area contributed by atoms with E-state index < -0.39 is 0 Å². The van der Waals surface area contributed by atoms with Crippen LogP contribution in [0.3, 0.4) is 0 Å². The Morgan fingerprint density at radius 1 is 0.871 bits per heavy atom. The molecule has 0 saturated heterocycles. The predicted octanol–water partition coefficient (Wildman–Crippen LogP) is 3.70. The van der Waals surface area contributed by atoms with Crippen LogP contribution in [0.2, 0.25) is 0 Å². The number of nitrogens with one attached hydrogen (secondary N) is 1. The summed E-state index contributed by atoms with van der Waals surface area (Å²) >= 11 is 0. The van der Waals surface area contributed by atoms with Crippen molar-refractivity contribution in [1.29, 1.82) is 0 Å². The first-order chi connectivity index (χ1) is 15.1. The van der Waals surface area contributed by atoms with Crippen molar-refractivity contribution in [1.82, 2.24) is 0 Å². The van der Waals surface area contributed by atoms with Gasteiger partial charge in [0.2, 0.25) is 12.5 Å². The molecule has 1 N–H and O–H groups in total. The highest BCUT2D eigenvalue weighted by Crippen LogP contribution is 2.39. The molecule has 0 amide bonds. The van der Waals surface area contributed by atoms with Crippen molar-refractivity contribution in [2.24, 2.45) is 0 Å². The molecule has 0 spiro atoms. The summed E-state index contributed by atoms with van der Waals surface area (Å²) in [6.07, 6.45) is 0. The number of hydrogen-bond donors (Lipinski definition) is 1. The monoisotopic (exact) mass is 410 g/mol. The number of carbonyl (C=O) groups is 2. The Labute approximate surface area is 178 Å². The highest BCUT2D eigenvalue weighted by molar-refractivity contribution is 6.31. The van der Waals surface area contributed by atoms with Crippen LogP contribution in [0, 0.1) is 0 Å². The lowest BCUT2D eigenvalue weighted by molar-refractivity contribution is -0.960. The normalized spacial score (nSPS) is 18.2. The summed E-state index contributed by atoms with van der Waals surface area (Å²) in [6.45, 7) is 3.40. The molecule has 0 bridgehead atoms. The van der Waals surface area contributed by atoms with Crippen LogP contribution in [-0.4, -0.2) is 18.3 Å². The maximum absolute atomic E-state index is 13.2. The Hall–Kier alpha value is -3.70. The molecule has 0 saturated carbocycles. The van der Waals surface area contributed by atoms with Crippen LogP contribution >= 0.6 is 0 Å². The second-order valence-electron chi connectivity index (χ2n) is 8.19. The topological polar surface area (TPSA) is 61.0 Å². The zero-order chi connectivity index (χ0) is 21.1. The lowest BCUT2D eigenvalue weighted by Crippen LogP contribution is -3.12. The molecular formula is C26H20NO4+. The molecule has 1 aromatic heterocycles. The molecular weight excluding hydrogens is 390 g/mol. The number of furan rings is 1. The molecule has 31 heavy (non-hydrogen) atoms. The quantitative estimate of drug-likeness (QED) is 0.482. The van der Waals surface area contributed by atoms with Crippen molar-refractivity contribution in [2.45, 2.75) is 19.5 Å². The lowest BCUT2D eigenvalue weighted by atomic mass is 9.87. The van der Waals surface area contributed by atoms with Crippen molar-refractivity contribution >= 4 is 22.5 Å². The predicted molar refractivity (Wildman–Crippen MR) is 115 cm³/mol. The number of rotatable bonds is 2. The van der Waals surface area contributed by atoms with Gasteiger partial charge in [-0.1, -0.05) is 54.6 Å². The molecule has 4 aromatic rings. The van der Waals surface area contributed by atoms with Gasteiger partial charge in [0.25, 0.3) is 0 Å². The summed E-state index contributed by atoms with van der Waals surface area (Å²) in [6, 6.07) is 21.2. The summed E-state index contributed by atoms with van der Waals surface area (Å²) in [5, 5.41) is 0.679. The van der Waals surface area contributed by atoms with E-state index in [2.05, 4.69) is 19.1 Å². The summed E-state index contributed by atoms with van der Waals surface area (Å²) in [4.78, 5) is 27.5. The van der Waals surface area contributed by atoms with Crippen LogP contribution in [0.5, 0.6) is 5.75 Å². The van der Waals surface area contributed by atoms with E-state index >= 15 is 0 Å².